The molecule has 0 saturated carbocycles. The normalized spacial score (nSPS) is 11.5. The highest BCUT2D eigenvalue weighted by atomic mass is 16.1. The number of hydrogen-bond donors (Lipinski definition) is 0. The number of carbonyl (C=O) groups excluding carboxylic acids is 1. The van der Waals surface area contributed by atoms with Crippen molar-refractivity contribution in [3.8, 4) is 0 Å². The average molecular weight is 194 g/mol. The lowest BCUT2D eigenvalue weighted by Gasteiger charge is -1.94. The summed E-state index contributed by atoms with van der Waals surface area (Å²) in [6, 6.07) is 0. The molecule has 0 aliphatic rings. The van der Waals surface area contributed by atoms with Crippen LogP contribution in [-0.4, -0.2) is 6.29 Å². The van der Waals surface area contributed by atoms with Crippen molar-refractivity contribution in [3.05, 3.63) is 24.3 Å². The number of hydrogen-bond acceptors (Lipinski definition) is 1. The van der Waals surface area contributed by atoms with Gasteiger partial charge in [-0.2, -0.15) is 0 Å². The van der Waals surface area contributed by atoms with E-state index in [0.29, 0.717) is 0 Å². The Morgan fingerprint density at radius 3 is 2.14 bits per heavy atom. The van der Waals surface area contributed by atoms with Gasteiger partial charge in [-0.05, 0) is 38.2 Å². The lowest BCUT2D eigenvalue weighted by Crippen LogP contribution is -1.75. The monoisotopic (exact) mass is 194 g/mol. The van der Waals surface area contributed by atoms with Crippen molar-refractivity contribution in [1.82, 2.24) is 0 Å². The average Bonchev–Trinajstić information content (AvgIpc) is 2.21. The van der Waals surface area contributed by atoms with Gasteiger partial charge >= 0.3 is 0 Å². The fourth-order valence-corrected chi connectivity index (χ4v) is 1.26. The van der Waals surface area contributed by atoms with Crippen LogP contribution < -0.4 is 0 Å². The minimum atomic E-state index is 0.841. The molecule has 0 rings (SSSR count). The molecule has 0 saturated heterocycles. The van der Waals surface area contributed by atoms with Gasteiger partial charge in [-0.3, -0.25) is 4.79 Å². The number of carbonyl (C=O) groups is 1. The Kier molecular flexibility index (Phi) is 11.4. The summed E-state index contributed by atoms with van der Waals surface area (Å²) in [5.41, 5.74) is 0. The van der Waals surface area contributed by atoms with E-state index in [-0.39, 0.29) is 0 Å². The smallest absolute Gasteiger partial charge is 0.142 e. The third kappa shape index (κ3) is 11.2. The molecule has 1 nitrogen and oxygen atoms in total. The van der Waals surface area contributed by atoms with Crippen molar-refractivity contribution in [2.24, 2.45) is 0 Å². The van der Waals surface area contributed by atoms with Crippen molar-refractivity contribution in [2.75, 3.05) is 0 Å². The zero-order valence-corrected chi connectivity index (χ0v) is 9.24. The van der Waals surface area contributed by atoms with Crippen molar-refractivity contribution in [1.29, 1.82) is 0 Å². The van der Waals surface area contributed by atoms with Gasteiger partial charge in [0.05, 0.1) is 0 Å². The Bertz CT molecular complexity index is 168. The molecule has 0 aromatic carbocycles. The Hall–Kier alpha value is -0.850. The fourth-order valence-electron chi connectivity index (χ4n) is 1.26. The Labute approximate surface area is 87.9 Å². The molecular weight excluding hydrogens is 172 g/mol. The molecule has 80 valence electrons. The predicted octanol–water partition coefficient (Wildman–Crippen LogP) is 4.05. The Morgan fingerprint density at radius 2 is 1.50 bits per heavy atom. The van der Waals surface area contributed by atoms with Gasteiger partial charge in [-0.1, -0.05) is 38.0 Å². The molecule has 0 heterocycles. The van der Waals surface area contributed by atoms with E-state index in [1.54, 1.807) is 6.08 Å². The van der Waals surface area contributed by atoms with Gasteiger partial charge in [-0.25, -0.2) is 0 Å². The molecule has 0 aromatic heterocycles. The lowest BCUT2D eigenvalue weighted by atomic mass is 10.1. The molecule has 0 radical (unpaired) electrons. The van der Waals surface area contributed by atoms with Gasteiger partial charge in [0.25, 0.3) is 0 Å². The number of rotatable bonds is 9. The second-order valence-electron chi connectivity index (χ2n) is 3.46. The van der Waals surface area contributed by atoms with Crippen LogP contribution >= 0.6 is 0 Å². The number of allylic oxidation sites excluding steroid dienone is 4. The maximum atomic E-state index is 9.94. The van der Waals surface area contributed by atoms with Crippen molar-refractivity contribution in [3.63, 3.8) is 0 Å². The molecule has 0 amide bonds. The second-order valence-corrected chi connectivity index (χ2v) is 3.46. The molecule has 0 aromatic rings. The fraction of sp³-hybridized carbons (Fsp3) is 0.615. The molecule has 0 bridgehead atoms. The van der Waals surface area contributed by atoms with Crippen LogP contribution in [0.15, 0.2) is 24.3 Å². The van der Waals surface area contributed by atoms with Gasteiger partial charge in [0, 0.05) is 0 Å². The van der Waals surface area contributed by atoms with Crippen LogP contribution in [0.5, 0.6) is 0 Å². The molecule has 0 atom stereocenters. The van der Waals surface area contributed by atoms with Crippen LogP contribution in [0.4, 0.5) is 0 Å². The highest BCUT2D eigenvalue weighted by Gasteiger charge is 1.85. The Balaban J connectivity index is 3.05. The van der Waals surface area contributed by atoms with Crippen molar-refractivity contribution in [2.45, 2.75) is 51.9 Å². The van der Waals surface area contributed by atoms with E-state index >= 15 is 0 Å². The first-order chi connectivity index (χ1) is 6.91. The van der Waals surface area contributed by atoms with Gasteiger partial charge in [-0.15, -0.1) is 0 Å². The van der Waals surface area contributed by atoms with Gasteiger partial charge in [0.15, 0.2) is 0 Å². The first-order valence-electron chi connectivity index (χ1n) is 5.67. The number of aldehydes is 1. The zero-order valence-electron chi connectivity index (χ0n) is 9.24. The second kappa shape index (κ2) is 12.2. The summed E-state index contributed by atoms with van der Waals surface area (Å²) in [5, 5.41) is 0. The minimum absolute atomic E-state index is 0.841. The van der Waals surface area contributed by atoms with Gasteiger partial charge in [0.2, 0.25) is 0 Å². The molecule has 14 heavy (non-hydrogen) atoms. The Morgan fingerprint density at radius 1 is 0.857 bits per heavy atom. The highest BCUT2D eigenvalue weighted by molar-refractivity contribution is 5.64. The van der Waals surface area contributed by atoms with Crippen molar-refractivity contribution < 1.29 is 4.79 Å². The summed E-state index contributed by atoms with van der Waals surface area (Å²) in [6.45, 7) is 2.20. The van der Waals surface area contributed by atoms with E-state index in [1.807, 2.05) is 6.08 Å². The largest absolute Gasteiger partial charge is 0.299 e. The summed E-state index contributed by atoms with van der Waals surface area (Å²) in [5.74, 6) is 0. The molecule has 0 aliphatic carbocycles. The molecule has 0 unspecified atom stereocenters. The van der Waals surface area contributed by atoms with E-state index in [1.165, 1.54) is 38.5 Å². The van der Waals surface area contributed by atoms with Crippen LogP contribution in [0.1, 0.15) is 51.9 Å². The standard InChI is InChI=1S/C13H22O/c1-2-3-4-5-6-7-8-9-10-11-12-13-14/h4-5,11-13H,2-3,6-10H2,1H3/b5-4+,12-11+. The number of unbranched alkanes of at least 4 members (excludes halogenated alkanes) is 5. The molecule has 0 N–H and O–H groups in total. The van der Waals surface area contributed by atoms with Crippen molar-refractivity contribution >= 4 is 6.29 Å². The van der Waals surface area contributed by atoms with Crippen LogP contribution in [0, 0.1) is 0 Å². The van der Waals surface area contributed by atoms with Crippen LogP contribution in [-0.2, 0) is 4.79 Å². The van der Waals surface area contributed by atoms with Crippen LogP contribution in [0.3, 0.4) is 0 Å². The minimum Gasteiger partial charge on any atom is -0.299 e. The van der Waals surface area contributed by atoms with E-state index < -0.39 is 0 Å². The summed E-state index contributed by atoms with van der Waals surface area (Å²) in [4.78, 5) is 9.94. The zero-order chi connectivity index (χ0) is 10.5. The van der Waals surface area contributed by atoms with E-state index in [9.17, 15) is 4.79 Å². The van der Waals surface area contributed by atoms with Crippen LogP contribution in [0.25, 0.3) is 0 Å². The maximum absolute atomic E-state index is 9.94. The van der Waals surface area contributed by atoms with E-state index in [0.717, 1.165) is 12.7 Å². The summed E-state index contributed by atoms with van der Waals surface area (Å²) in [7, 11) is 0. The summed E-state index contributed by atoms with van der Waals surface area (Å²) >= 11 is 0. The predicted molar refractivity (Wildman–Crippen MR) is 62.3 cm³/mol. The SMILES string of the molecule is CCC/C=C/CCCCC/C=C/C=O. The van der Waals surface area contributed by atoms with Crippen LogP contribution in [0.2, 0.25) is 0 Å². The quantitative estimate of drug-likeness (QED) is 0.234. The van der Waals surface area contributed by atoms with E-state index in [2.05, 4.69) is 19.1 Å². The molecular formula is C13H22O. The van der Waals surface area contributed by atoms with Gasteiger partial charge < -0.3 is 0 Å². The third-order valence-electron chi connectivity index (χ3n) is 2.08. The molecule has 0 fully saturated rings. The van der Waals surface area contributed by atoms with Gasteiger partial charge in [0.1, 0.15) is 6.29 Å². The topological polar surface area (TPSA) is 17.1 Å². The molecule has 0 aliphatic heterocycles. The first-order valence-corrected chi connectivity index (χ1v) is 5.67. The third-order valence-corrected chi connectivity index (χ3v) is 2.08. The highest BCUT2D eigenvalue weighted by Crippen LogP contribution is 2.04. The molecule has 0 spiro atoms. The lowest BCUT2D eigenvalue weighted by molar-refractivity contribution is -0.104. The summed E-state index contributed by atoms with van der Waals surface area (Å²) in [6.07, 6.45) is 17.4. The first kappa shape index (κ1) is 13.2. The maximum Gasteiger partial charge on any atom is 0.142 e. The van der Waals surface area contributed by atoms with E-state index in [4.69, 9.17) is 0 Å². The summed E-state index contributed by atoms with van der Waals surface area (Å²) < 4.78 is 0. The molecule has 1 heteroatoms.